The minimum atomic E-state index is -1.12. The number of nitrogens with one attached hydrogen (secondary N) is 1. The second-order valence-electron chi connectivity index (χ2n) is 6.21. The number of benzene rings is 1. The van der Waals surface area contributed by atoms with Crippen molar-refractivity contribution in [3.05, 3.63) is 70.9 Å². The van der Waals surface area contributed by atoms with Crippen molar-refractivity contribution in [2.45, 2.75) is 19.4 Å². The zero-order chi connectivity index (χ0) is 21.0. The predicted molar refractivity (Wildman–Crippen MR) is 105 cm³/mol. The molecular weight excluding hydrogens is 396 g/mol. The van der Waals surface area contributed by atoms with Crippen molar-refractivity contribution in [2.24, 2.45) is 5.73 Å². The third-order valence-corrected chi connectivity index (χ3v) is 4.28. The van der Waals surface area contributed by atoms with Gasteiger partial charge < -0.3 is 11.1 Å². The Kier molecular flexibility index (Phi) is 5.99. The molecule has 1 atom stereocenters. The quantitative estimate of drug-likeness (QED) is 0.439. The second-order valence-corrected chi connectivity index (χ2v) is 6.55. The molecule has 0 unspecified atom stereocenters. The van der Waals surface area contributed by atoms with E-state index in [9.17, 15) is 14.4 Å². The normalized spacial score (nSPS) is 11.7. The van der Waals surface area contributed by atoms with Gasteiger partial charge in [-0.3, -0.25) is 14.4 Å². The van der Waals surface area contributed by atoms with Gasteiger partial charge in [-0.2, -0.15) is 10.1 Å². The summed E-state index contributed by atoms with van der Waals surface area (Å²) < 4.78 is 1.42. The van der Waals surface area contributed by atoms with E-state index in [-0.39, 0.29) is 17.4 Å². The fourth-order valence-electron chi connectivity index (χ4n) is 2.72. The Morgan fingerprint density at radius 2 is 1.93 bits per heavy atom. The van der Waals surface area contributed by atoms with Gasteiger partial charge in [0.25, 0.3) is 11.8 Å². The lowest BCUT2D eigenvalue weighted by Gasteiger charge is -2.15. The highest BCUT2D eigenvalue weighted by molar-refractivity contribution is 6.38. The van der Waals surface area contributed by atoms with Crippen LogP contribution in [0.4, 0.5) is 0 Å². The number of ketones is 1. The van der Waals surface area contributed by atoms with Crippen molar-refractivity contribution in [3.8, 4) is 5.82 Å². The van der Waals surface area contributed by atoms with Gasteiger partial charge in [0.15, 0.2) is 11.5 Å². The number of Topliss-reactive ketones (excluding diaryl/α,β-unsaturated/α-hetero) is 1. The van der Waals surface area contributed by atoms with Gasteiger partial charge in [0.05, 0.1) is 0 Å². The van der Waals surface area contributed by atoms with Gasteiger partial charge in [-0.15, -0.1) is 0 Å². The Labute approximate surface area is 170 Å². The van der Waals surface area contributed by atoms with Crippen LogP contribution in [0.25, 0.3) is 5.82 Å². The van der Waals surface area contributed by atoms with E-state index in [0.717, 1.165) is 5.56 Å². The molecule has 9 nitrogen and oxygen atoms in total. The van der Waals surface area contributed by atoms with Crippen LogP contribution in [0.15, 0.2) is 48.7 Å². The number of hydrogen-bond acceptors (Lipinski definition) is 6. The Morgan fingerprint density at radius 1 is 1.21 bits per heavy atom. The summed E-state index contributed by atoms with van der Waals surface area (Å²) in [7, 11) is 0. The van der Waals surface area contributed by atoms with Crippen LogP contribution in [-0.4, -0.2) is 43.4 Å². The summed E-state index contributed by atoms with van der Waals surface area (Å²) in [6.07, 6.45) is 1.59. The fraction of sp³-hybridized carbons (Fsp3) is 0.158. The van der Waals surface area contributed by atoms with Gasteiger partial charge in [0, 0.05) is 24.4 Å². The van der Waals surface area contributed by atoms with Crippen LogP contribution in [-0.2, 0) is 16.0 Å². The molecule has 3 aromatic rings. The van der Waals surface area contributed by atoms with Gasteiger partial charge >= 0.3 is 0 Å². The molecule has 2 aromatic heterocycles. The first-order chi connectivity index (χ1) is 13.8. The van der Waals surface area contributed by atoms with E-state index >= 15 is 0 Å². The summed E-state index contributed by atoms with van der Waals surface area (Å²) >= 11 is 5.80. The van der Waals surface area contributed by atoms with E-state index in [1.165, 1.54) is 16.9 Å². The number of amides is 2. The van der Waals surface area contributed by atoms with Gasteiger partial charge in [0.2, 0.25) is 11.1 Å². The molecule has 0 fully saturated rings. The third kappa shape index (κ3) is 4.82. The molecule has 0 radical (unpaired) electrons. The van der Waals surface area contributed by atoms with Gasteiger partial charge in [-0.25, -0.2) is 9.67 Å². The molecule has 0 spiro atoms. The summed E-state index contributed by atoms with van der Waals surface area (Å²) in [5.74, 6) is -2.25. The van der Waals surface area contributed by atoms with Crippen LogP contribution in [0, 0.1) is 6.92 Å². The lowest BCUT2D eigenvalue weighted by atomic mass is 10.0. The Morgan fingerprint density at radius 3 is 2.59 bits per heavy atom. The summed E-state index contributed by atoms with van der Waals surface area (Å²) in [6.45, 7) is 1.73. The van der Waals surface area contributed by atoms with Crippen molar-refractivity contribution in [1.29, 1.82) is 0 Å². The molecule has 10 heteroatoms. The summed E-state index contributed by atoms with van der Waals surface area (Å²) in [5.41, 5.74) is 6.57. The molecule has 0 aliphatic heterocycles. The number of hydrogen-bond donors (Lipinski definition) is 2. The van der Waals surface area contributed by atoms with E-state index in [4.69, 9.17) is 17.3 Å². The number of aromatic nitrogens is 4. The molecule has 3 N–H and O–H groups in total. The smallest absolute Gasteiger partial charge is 0.287 e. The van der Waals surface area contributed by atoms with Crippen molar-refractivity contribution >= 4 is 29.2 Å². The Balaban J connectivity index is 1.83. The molecule has 0 bridgehead atoms. The Hall–Kier alpha value is -3.59. The molecule has 148 valence electrons. The second kappa shape index (κ2) is 8.61. The minimum absolute atomic E-state index is 0.0402. The molecule has 3 rings (SSSR count). The van der Waals surface area contributed by atoms with Crippen LogP contribution < -0.4 is 11.1 Å². The van der Waals surface area contributed by atoms with Crippen molar-refractivity contribution in [1.82, 2.24) is 25.1 Å². The molecule has 2 amide bonds. The number of carbonyl (C=O) groups excluding carboxylic acids is 3. The van der Waals surface area contributed by atoms with Crippen LogP contribution in [0.1, 0.15) is 21.7 Å². The van der Waals surface area contributed by atoms with E-state index in [0.29, 0.717) is 11.5 Å². The molecule has 0 aliphatic rings. The van der Waals surface area contributed by atoms with Crippen molar-refractivity contribution in [2.75, 3.05) is 0 Å². The third-order valence-electron chi connectivity index (χ3n) is 4.10. The number of halogens is 1. The SMILES string of the molecule is Cc1cc(C(=O)N[C@@H](Cc2ccccc2)C(=O)C(N)=O)nn1-c1ccnc(Cl)n1. The maximum atomic E-state index is 12.7. The van der Waals surface area contributed by atoms with Gasteiger partial charge in [-0.05, 0) is 30.2 Å². The topological polar surface area (TPSA) is 133 Å². The summed E-state index contributed by atoms with van der Waals surface area (Å²) in [5, 5.41) is 6.80. The first kappa shape index (κ1) is 20.2. The molecule has 2 heterocycles. The van der Waals surface area contributed by atoms with E-state index < -0.39 is 23.6 Å². The van der Waals surface area contributed by atoms with Crippen LogP contribution in [0.2, 0.25) is 5.28 Å². The van der Waals surface area contributed by atoms with E-state index in [2.05, 4.69) is 20.4 Å². The molecule has 0 saturated carbocycles. The van der Waals surface area contributed by atoms with Crippen molar-refractivity contribution in [3.63, 3.8) is 0 Å². The maximum absolute atomic E-state index is 12.7. The summed E-state index contributed by atoms with van der Waals surface area (Å²) in [4.78, 5) is 44.1. The number of nitrogens with zero attached hydrogens (tertiary/aromatic N) is 4. The molecule has 1 aromatic carbocycles. The average Bonchev–Trinajstić information content (AvgIpc) is 3.09. The van der Waals surface area contributed by atoms with E-state index in [1.54, 1.807) is 37.3 Å². The lowest BCUT2D eigenvalue weighted by Crippen LogP contribution is -2.47. The highest BCUT2D eigenvalue weighted by Gasteiger charge is 2.27. The summed E-state index contributed by atoms with van der Waals surface area (Å²) in [6, 6.07) is 11.0. The zero-order valence-electron chi connectivity index (χ0n) is 15.4. The van der Waals surface area contributed by atoms with Crippen LogP contribution >= 0.6 is 11.6 Å². The van der Waals surface area contributed by atoms with Crippen molar-refractivity contribution < 1.29 is 14.4 Å². The molecular formula is C19H17ClN6O3. The molecule has 29 heavy (non-hydrogen) atoms. The number of carbonyl (C=O) groups is 3. The number of nitrogens with two attached hydrogens (primary N) is 1. The average molecular weight is 413 g/mol. The fourth-order valence-corrected chi connectivity index (χ4v) is 2.87. The highest BCUT2D eigenvalue weighted by Crippen LogP contribution is 2.12. The molecule has 0 saturated heterocycles. The Bertz CT molecular complexity index is 1070. The number of rotatable bonds is 7. The van der Waals surface area contributed by atoms with Crippen LogP contribution in [0.5, 0.6) is 0 Å². The van der Waals surface area contributed by atoms with Gasteiger partial charge in [0.1, 0.15) is 6.04 Å². The minimum Gasteiger partial charge on any atom is -0.363 e. The lowest BCUT2D eigenvalue weighted by molar-refractivity contribution is -0.137. The monoisotopic (exact) mass is 412 g/mol. The van der Waals surface area contributed by atoms with Gasteiger partial charge in [-0.1, -0.05) is 30.3 Å². The maximum Gasteiger partial charge on any atom is 0.287 e. The molecule has 0 aliphatic carbocycles. The highest BCUT2D eigenvalue weighted by atomic mass is 35.5. The number of primary amides is 1. The largest absolute Gasteiger partial charge is 0.363 e. The number of aryl methyl sites for hydroxylation is 1. The first-order valence-electron chi connectivity index (χ1n) is 8.59. The van der Waals surface area contributed by atoms with E-state index in [1.807, 2.05) is 6.07 Å². The van der Waals surface area contributed by atoms with Crippen LogP contribution in [0.3, 0.4) is 0 Å². The predicted octanol–water partition coefficient (Wildman–Crippen LogP) is 1.02. The zero-order valence-corrected chi connectivity index (χ0v) is 16.1. The first-order valence-corrected chi connectivity index (χ1v) is 8.97. The standard InChI is InChI=1S/C19H17ClN6O3/c1-11-9-14(25-26(11)15-7-8-22-19(20)24-15)18(29)23-13(16(27)17(21)28)10-12-5-3-2-4-6-12/h2-9,13H,10H2,1H3,(H2,21,28)(H,23,29)/t13-/m0/s1.